The van der Waals surface area contributed by atoms with Crippen LogP contribution in [0.1, 0.15) is 67.7 Å². The van der Waals surface area contributed by atoms with Gasteiger partial charge in [-0.3, -0.25) is 14.4 Å². The molecule has 4 nitrogen and oxygen atoms in total. The number of Topliss-reactive ketones (excluding diaryl/α,β-unsaturated/α-hetero) is 3. The van der Waals surface area contributed by atoms with Crippen molar-refractivity contribution in [2.75, 3.05) is 0 Å². The molecular formula is C22H32O4. The van der Waals surface area contributed by atoms with Crippen molar-refractivity contribution < 1.29 is 19.5 Å². The lowest BCUT2D eigenvalue weighted by Gasteiger charge is -2.29. The fourth-order valence-corrected chi connectivity index (χ4v) is 3.31. The Kier molecular flexibility index (Phi) is 7.45. The van der Waals surface area contributed by atoms with E-state index in [1.165, 1.54) is 0 Å². The van der Waals surface area contributed by atoms with Crippen LogP contribution in [0.3, 0.4) is 0 Å². The maximum absolute atomic E-state index is 13.0. The number of carbonyl (C=O) groups is 3. The molecule has 0 spiro atoms. The second kappa shape index (κ2) is 8.72. The van der Waals surface area contributed by atoms with E-state index in [2.05, 4.69) is 0 Å². The van der Waals surface area contributed by atoms with Crippen molar-refractivity contribution in [3.05, 3.63) is 34.4 Å². The average molecular weight is 360 g/mol. The van der Waals surface area contributed by atoms with Gasteiger partial charge in [-0.05, 0) is 52.5 Å². The van der Waals surface area contributed by atoms with Crippen molar-refractivity contribution in [2.45, 2.75) is 73.3 Å². The van der Waals surface area contributed by atoms with Gasteiger partial charge in [0.05, 0.1) is 11.5 Å². The molecule has 1 aliphatic carbocycles. The summed E-state index contributed by atoms with van der Waals surface area (Å²) >= 11 is 0. The Morgan fingerprint density at radius 2 is 1.65 bits per heavy atom. The van der Waals surface area contributed by atoms with E-state index < -0.39 is 23.1 Å². The summed E-state index contributed by atoms with van der Waals surface area (Å²) in [4.78, 5) is 38.4. The van der Waals surface area contributed by atoms with Crippen LogP contribution in [0.5, 0.6) is 0 Å². The summed E-state index contributed by atoms with van der Waals surface area (Å²) in [6.45, 7) is 12.9. The van der Waals surface area contributed by atoms with Crippen LogP contribution < -0.4 is 0 Å². The van der Waals surface area contributed by atoms with E-state index in [0.29, 0.717) is 0 Å². The highest BCUT2D eigenvalue weighted by atomic mass is 16.3. The molecule has 0 amide bonds. The minimum atomic E-state index is -1.91. The first-order chi connectivity index (χ1) is 11.9. The second-order valence-corrected chi connectivity index (χ2v) is 8.13. The molecule has 0 fully saturated rings. The Balaban J connectivity index is 3.41. The SMILES string of the molecule is CC(C)=CCC(=O)[C@]1(O)C(C)=C(C(=O)CC(C)C)C(=O)[C@H]1CC=C(C)C. The maximum Gasteiger partial charge on any atom is 0.173 e. The highest BCUT2D eigenvalue weighted by molar-refractivity contribution is 6.26. The third-order valence-electron chi connectivity index (χ3n) is 4.77. The first kappa shape index (κ1) is 22.2. The number of hydrogen-bond acceptors (Lipinski definition) is 4. The molecule has 0 aromatic carbocycles. The lowest BCUT2D eigenvalue weighted by atomic mass is 9.79. The Morgan fingerprint density at radius 1 is 1.12 bits per heavy atom. The minimum Gasteiger partial charge on any atom is -0.377 e. The van der Waals surface area contributed by atoms with Gasteiger partial charge in [0.2, 0.25) is 0 Å². The van der Waals surface area contributed by atoms with Gasteiger partial charge in [-0.2, -0.15) is 0 Å². The van der Waals surface area contributed by atoms with E-state index in [9.17, 15) is 19.5 Å². The maximum atomic E-state index is 13.0. The van der Waals surface area contributed by atoms with Gasteiger partial charge in [0.25, 0.3) is 0 Å². The van der Waals surface area contributed by atoms with E-state index >= 15 is 0 Å². The van der Waals surface area contributed by atoms with Gasteiger partial charge in [0.1, 0.15) is 0 Å². The van der Waals surface area contributed by atoms with E-state index in [-0.39, 0.29) is 42.1 Å². The van der Waals surface area contributed by atoms with Crippen LogP contribution >= 0.6 is 0 Å². The Hall–Kier alpha value is -1.81. The van der Waals surface area contributed by atoms with Gasteiger partial charge in [0, 0.05) is 12.8 Å². The molecule has 0 saturated carbocycles. The van der Waals surface area contributed by atoms with E-state index in [1.54, 1.807) is 13.0 Å². The fourth-order valence-electron chi connectivity index (χ4n) is 3.31. The summed E-state index contributed by atoms with van der Waals surface area (Å²) in [7, 11) is 0. The Morgan fingerprint density at radius 3 is 2.12 bits per heavy atom. The minimum absolute atomic E-state index is 0.0268. The summed E-state index contributed by atoms with van der Waals surface area (Å²) in [5.74, 6) is -1.94. The molecule has 0 radical (unpaired) electrons. The Labute approximate surface area is 157 Å². The molecule has 4 heteroatoms. The third kappa shape index (κ3) is 4.67. The lowest BCUT2D eigenvalue weighted by Crippen LogP contribution is -2.45. The molecular weight excluding hydrogens is 328 g/mol. The number of rotatable bonds is 8. The van der Waals surface area contributed by atoms with Crippen LogP contribution in [0.2, 0.25) is 0 Å². The zero-order chi connectivity index (χ0) is 20.2. The van der Waals surface area contributed by atoms with E-state index in [4.69, 9.17) is 0 Å². The molecule has 0 saturated heterocycles. The van der Waals surface area contributed by atoms with Gasteiger partial charge < -0.3 is 5.11 Å². The molecule has 0 aromatic rings. The van der Waals surface area contributed by atoms with Gasteiger partial charge in [-0.25, -0.2) is 0 Å². The summed E-state index contributed by atoms with van der Waals surface area (Å²) in [6.07, 6.45) is 4.09. The highest BCUT2D eigenvalue weighted by Gasteiger charge is 2.55. The molecule has 1 rings (SSSR count). The zero-order valence-corrected chi connectivity index (χ0v) is 17.1. The number of allylic oxidation sites excluding steroid dienone is 5. The fraction of sp³-hybridized carbons (Fsp3) is 0.591. The van der Waals surface area contributed by atoms with Crippen molar-refractivity contribution in [2.24, 2.45) is 11.8 Å². The van der Waals surface area contributed by atoms with Crippen LogP contribution in [-0.4, -0.2) is 28.1 Å². The predicted octanol–water partition coefficient (Wildman–Crippen LogP) is 4.13. The van der Waals surface area contributed by atoms with Gasteiger partial charge in [0.15, 0.2) is 23.0 Å². The zero-order valence-electron chi connectivity index (χ0n) is 17.1. The van der Waals surface area contributed by atoms with Crippen molar-refractivity contribution in [1.29, 1.82) is 0 Å². The van der Waals surface area contributed by atoms with Crippen LogP contribution in [0.15, 0.2) is 34.4 Å². The number of ketones is 3. The normalized spacial score (nSPS) is 22.7. The summed E-state index contributed by atoms with van der Waals surface area (Å²) in [5.41, 5.74) is 0.296. The monoisotopic (exact) mass is 360 g/mol. The third-order valence-corrected chi connectivity index (χ3v) is 4.77. The molecule has 2 atom stereocenters. The van der Waals surface area contributed by atoms with E-state index in [0.717, 1.165) is 11.1 Å². The van der Waals surface area contributed by atoms with Crippen LogP contribution in [0, 0.1) is 11.8 Å². The standard InChI is InChI=1S/C22H32O4/c1-13(2)8-10-17-21(25)20(18(23)12-15(5)6)16(7)22(17,26)19(24)11-9-14(3)4/h8-9,15,17,26H,10-12H2,1-7H3/t17-,22+/m1/s1. The van der Waals surface area contributed by atoms with Gasteiger partial charge in [-0.1, -0.05) is 37.1 Å². The lowest BCUT2D eigenvalue weighted by molar-refractivity contribution is -0.141. The molecule has 0 heterocycles. The highest BCUT2D eigenvalue weighted by Crippen LogP contribution is 2.42. The van der Waals surface area contributed by atoms with Crippen LogP contribution in [0.4, 0.5) is 0 Å². The summed E-state index contributed by atoms with van der Waals surface area (Å²) in [5, 5.41) is 11.3. The largest absolute Gasteiger partial charge is 0.377 e. The summed E-state index contributed by atoms with van der Waals surface area (Å²) in [6, 6.07) is 0. The van der Waals surface area contributed by atoms with Crippen molar-refractivity contribution in [1.82, 2.24) is 0 Å². The second-order valence-electron chi connectivity index (χ2n) is 8.13. The molecule has 0 aliphatic heterocycles. The molecule has 1 N–H and O–H groups in total. The number of aliphatic hydroxyl groups is 1. The molecule has 26 heavy (non-hydrogen) atoms. The predicted molar refractivity (Wildman–Crippen MR) is 104 cm³/mol. The van der Waals surface area contributed by atoms with E-state index in [1.807, 2.05) is 47.6 Å². The Bertz CT molecular complexity index is 683. The van der Waals surface area contributed by atoms with Crippen molar-refractivity contribution >= 4 is 17.3 Å². The number of hydrogen-bond donors (Lipinski definition) is 1. The molecule has 144 valence electrons. The number of carbonyl (C=O) groups excluding carboxylic acids is 3. The topological polar surface area (TPSA) is 71.4 Å². The van der Waals surface area contributed by atoms with Gasteiger partial charge >= 0.3 is 0 Å². The molecule has 0 bridgehead atoms. The summed E-state index contributed by atoms with van der Waals surface area (Å²) < 4.78 is 0. The smallest absolute Gasteiger partial charge is 0.173 e. The quantitative estimate of drug-likeness (QED) is 0.522. The van der Waals surface area contributed by atoms with Crippen molar-refractivity contribution in [3.63, 3.8) is 0 Å². The molecule has 0 aromatic heterocycles. The first-order valence-corrected chi connectivity index (χ1v) is 9.24. The van der Waals surface area contributed by atoms with Crippen LogP contribution in [0.25, 0.3) is 0 Å². The average Bonchev–Trinajstić information content (AvgIpc) is 2.69. The molecule has 0 unspecified atom stereocenters. The van der Waals surface area contributed by atoms with Gasteiger partial charge in [-0.15, -0.1) is 0 Å². The van der Waals surface area contributed by atoms with Crippen LogP contribution in [-0.2, 0) is 14.4 Å². The molecule has 1 aliphatic rings. The van der Waals surface area contributed by atoms with Crippen molar-refractivity contribution in [3.8, 4) is 0 Å². The first-order valence-electron chi connectivity index (χ1n) is 9.24.